The molecule has 0 saturated carbocycles. The van der Waals surface area contributed by atoms with Gasteiger partial charge in [-0.3, -0.25) is 9.78 Å². The summed E-state index contributed by atoms with van der Waals surface area (Å²) in [6, 6.07) is 0. The molecule has 1 aromatic heterocycles. The molecule has 1 aromatic rings. The maximum absolute atomic E-state index is 11.1. The Morgan fingerprint density at radius 3 is 2.50 bits per heavy atom. The van der Waals surface area contributed by atoms with E-state index in [2.05, 4.69) is 15.3 Å². The minimum atomic E-state index is -0.473. The molecule has 5 heteroatoms. The van der Waals surface area contributed by atoms with Gasteiger partial charge in [0.25, 0.3) is 5.56 Å². The molecule has 0 bridgehead atoms. The standard InChI is InChI=1S/C7H11N3O2/c1-3-8-5-4(2)9-7(12)10-6(5)11/h8H,3H2,1-2H3,(H2,9,10,11,12). The quantitative estimate of drug-likeness (QED) is 0.574. The predicted molar refractivity (Wildman–Crippen MR) is 46.6 cm³/mol. The van der Waals surface area contributed by atoms with Crippen LogP contribution in [0.15, 0.2) is 9.59 Å². The predicted octanol–water partition coefficient (Wildman–Crippen LogP) is -0.197. The van der Waals surface area contributed by atoms with Crippen LogP contribution in [0.4, 0.5) is 5.69 Å². The summed E-state index contributed by atoms with van der Waals surface area (Å²) >= 11 is 0. The highest BCUT2D eigenvalue weighted by atomic mass is 16.2. The van der Waals surface area contributed by atoms with E-state index in [1.807, 2.05) is 6.92 Å². The van der Waals surface area contributed by atoms with E-state index < -0.39 is 5.69 Å². The van der Waals surface area contributed by atoms with Crippen molar-refractivity contribution >= 4 is 5.69 Å². The fourth-order valence-corrected chi connectivity index (χ4v) is 0.990. The van der Waals surface area contributed by atoms with Crippen LogP contribution in [0.5, 0.6) is 0 Å². The van der Waals surface area contributed by atoms with Crippen molar-refractivity contribution in [1.29, 1.82) is 0 Å². The smallest absolute Gasteiger partial charge is 0.326 e. The van der Waals surface area contributed by atoms with E-state index in [1.54, 1.807) is 6.92 Å². The first-order valence-corrected chi connectivity index (χ1v) is 3.72. The van der Waals surface area contributed by atoms with Gasteiger partial charge in [-0.05, 0) is 13.8 Å². The van der Waals surface area contributed by atoms with E-state index in [4.69, 9.17) is 0 Å². The molecule has 0 aliphatic heterocycles. The summed E-state index contributed by atoms with van der Waals surface area (Å²) in [4.78, 5) is 26.5. The lowest BCUT2D eigenvalue weighted by atomic mass is 10.3. The van der Waals surface area contributed by atoms with Gasteiger partial charge in [-0.25, -0.2) is 4.79 Å². The summed E-state index contributed by atoms with van der Waals surface area (Å²) in [7, 11) is 0. The Labute approximate surface area is 68.8 Å². The summed E-state index contributed by atoms with van der Waals surface area (Å²) in [5, 5.41) is 2.86. The van der Waals surface area contributed by atoms with Gasteiger partial charge in [0.2, 0.25) is 0 Å². The lowest BCUT2D eigenvalue weighted by molar-refractivity contribution is 0.985. The number of nitrogens with one attached hydrogen (secondary N) is 3. The Balaban J connectivity index is 3.29. The van der Waals surface area contributed by atoms with E-state index in [0.29, 0.717) is 17.9 Å². The Hall–Kier alpha value is -1.52. The molecule has 1 heterocycles. The van der Waals surface area contributed by atoms with E-state index in [0.717, 1.165) is 0 Å². The lowest BCUT2D eigenvalue weighted by Crippen LogP contribution is -2.26. The highest BCUT2D eigenvalue weighted by Gasteiger charge is 2.02. The van der Waals surface area contributed by atoms with Crippen LogP contribution in [0.2, 0.25) is 0 Å². The Bertz CT molecular complexity index is 377. The summed E-state index contributed by atoms with van der Waals surface area (Å²) in [6.45, 7) is 4.20. The molecular formula is C7H11N3O2. The first-order valence-electron chi connectivity index (χ1n) is 3.72. The average molecular weight is 169 g/mol. The summed E-state index contributed by atoms with van der Waals surface area (Å²) < 4.78 is 0. The largest absolute Gasteiger partial charge is 0.379 e. The molecule has 1 rings (SSSR count). The Morgan fingerprint density at radius 2 is 2.00 bits per heavy atom. The number of rotatable bonds is 2. The summed E-state index contributed by atoms with van der Waals surface area (Å²) in [5.41, 5.74) is 0.139. The second-order valence-electron chi connectivity index (χ2n) is 2.44. The number of anilines is 1. The molecule has 5 nitrogen and oxygen atoms in total. The van der Waals surface area contributed by atoms with Crippen molar-refractivity contribution in [2.24, 2.45) is 0 Å². The van der Waals surface area contributed by atoms with E-state index >= 15 is 0 Å². The maximum atomic E-state index is 11.1. The second-order valence-corrected chi connectivity index (χ2v) is 2.44. The molecule has 0 spiro atoms. The van der Waals surface area contributed by atoms with Crippen LogP contribution in [0, 0.1) is 6.92 Å². The zero-order valence-corrected chi connectivity index (χ0v) is 7.02. The fourth-order valence-electron chi connectivity index (χ4n) is 0.990. The molecule has 0 saturated heterocycles. The lowest BCUT2D eigenvalue weighted by Gasteiger charge is -2.03. The zero-order chi connectivity index (χ0) is 9.14. The van der Waals surface area contributed by atoms with Crippen molar-refractivity contribution in [3.63, 3.8) is 0 Å². The van der Waals surface area contributed by atoms with Crippen molar-refractivity contribution in [1.82, 2.24) is 9.97 Å². The van der Waals surface area contributed by atoms with Crippen LogP contribution in [-0.2, 0) is 0 Å². The Morgan fingerprint density at radius 1 is 1.33 bits per heavy atom. The molecule has 66 valence electrons. The van der Waals surface area contributed by atoms with Crippen molar-refractivity contribution < 1.29 is 0 Å². The van der Waals surface area contributed by atoms with Crippen molar-refractivity contribution in [3.05, 3.63) is 26.5 Å². The van der Waals surface area contributed by atoms with E-state index in [9.17, 15) is 9.59 Å². The minimum Gasteiger partial charge on any atom is -0.379 e. The number of hydrogen-bond donors (Lipinski definition) is 3. The molecule has 0 aliphatic rings. The minimum absolute atomic E-state index is 0.377. The van der Waals surface area contributed by atoms with Gasteiger partial charge in [0.1, 0.15) is 5.69 Å². The van der Waals surface area contributed by atoms with Crippen LogP contribution >= 0.6 is 0 Å². The molecule has 3 N–H and O–H groups in total. The number of hydrogen-bond acceptors (Lipinski definition) is 3. The van der Waals surface area contributed by atoms with Crippen LogP contribution in [0.1, 0.15) is 12.6 Å². The Kier molecular flexibility index (Phi) is 2.32. The van der Waals surface area contributed by atoms with Crippen molar-refractivity contribution in [2.45, 2.75) is 13.8 Å². The molecule has 0 unspecified atom stereocenters. The fraction of sp³-hybridized carbons (Fsp3) is 0.429. The van der Waals surface area contributed by atoms with Crippen LogP contribution in [0.3, 0.4) is 0 Å². The topological polar surface area (TPSA) is 77.8 Å². The number of aromatic nitrogens is 2. The molecule has 0 amide bonds. The number of aromatic amines is 2. The molecule has 0 fully saturated rings. The molecule has 0 aromatic carbocycles. The van der Waals surface area contributed by atoms with Gasteiger partial charge in [-0.15, -0.1) is 0 Å². The SMILES string of the molecule is CCNc1c(C)[nH]c(=O)[nH]c1=O. The van der Waals surface area contributed by atoms with Crippen molar-refractivity contribution in [2.75, 3.05) is 11.9 Å². The van der Waals surface area contributed by atoms with Crippen LogP contribution in [0.25, 0.3) is 0 Å². The van der Waals surface area contributed by atoms with E-state index in [-0.39, 0.29) is 5.56 Å². The highest BCUT2D eigenvalue weighted by molar-refractivity contribution is 5.44. The summed E-state index contributed by atoms with van der Waals surface area (Å²) in [5.74, 6) is 0. The third kappa shape index (κ3) is 1.55. The average Bonchev–Trinajstić information content (AvgIpc) is 1.96. The van der Waals surface area contributed by atoms with E-state index in [1.165, 1.54) is 0 Å². The highest BCUT2D eigenvalue weighted by Crippen LogP contribution is 1.99. The molecule has 0 atom stereocenters. The third-order valence-electron chi connectivity index (χ3n) is 1.48. The zero-order valence-electron chi connectivity index (χ0n) is 7.02. The van der Waals surface area contributed by atoms with Crippen molar-refractivity contribution in [3.8, 4) is 0 Å². The van der Waals surface area contributed by atoms with Gasteiger partial charge >= 0.3 is 5.69 Å². The first-order chi connectivity index (χ1) is 5.65. The second kappa shape index (κ2) is 3.25. The molecule has 0 aliphatic carbocycles. The molecular weight excluding hydrogens is 158 g/mol. The molecule has 0 radical (unpaired) electrons. The van der Waals surface area contributed by atoms with Gasteiger partial charge in [0.15, 0.2) is 0 Å². The monoisotopic (exact) mass is 169 g/mol. The van der Waals surface area contributed by atoms with Gasteiger partial charge in [0, 0.05) is 12.2 Å². The third-order valence-corrected chi connectivity index (χ3v) is 1.48. The summed E-state index contributed by atoms with van der Waals surface area (Å²) in [6.07, 6.45) is 0. The van der Waals surface area contributed by atoms with Gasteiger partial charge in [-0.1, -0.05) is 0 Å². The number of H-pyrrole nitrogens is 2. The normalized spacial score (nSPS) is 9.83. The van der Waals surface area contributed by atoms with Gasteiger partial charge in [-0.2, -0.15) is 0 Å². The van der Waals surface area contributed by atoms with Crippen LogP contribution in [-0.4, -0.2) is 16.5 Å². The maximum Gasteiger partial charge on any atom is 0.326 e. The number of aryl methyl sites for hydroxylation is 1. The van der Waals surface area contributed by atoms with Gasteiger partial charge < -0.3 is 10.3 Å². The van der Waals surface area contributed by atoms with Gasteiger partial charge in [0.05, 0.1) is 0 Å². The molecule has 12 heavy (non-hydrogen) atoms. The first kappa shape index (κ1) is 8.58. The van der Waals surface area contributed by atoms with Crippen LogP contribution < -0.4 is 16.6 Å².